The summed E-state index contributed by atoms with van der Waals surface area (Å²) >= 11 is 0. The van der Waals surface area contributed by atoms with E-state index in [0.29, 0.717) is 24.5 Å². The molecule has 0 bridgehead atoms. The van der Waals surface area contributed by atoms with Crippen LogP contribution in [-0.4, -0.2) is 39.4 Å². The Balaban J connectivity index is 1.81. The van der Waals surface area contributed by atoms with Crippen molar-refractivity contribution in [3.63, 3.8) is 0 Å². The zero-order chi connectivity index (χ0) is 19.5. The summed E-state index contributed by atoms with van der Waals surface area (Å²) < 4.78 is 20.8. The molecule has 0 amide bonds. The summed E-state index contributed by atoms with van der Waals surface area (Å²) in [7, 11) is 2.60. The summed E-state index contributed by atoms with van der Waals surface area (Å²) in [6, 6.07) is 14.2. The highest BCUT2D eigenvalue weighted by molar-refractivity contribution is 5.96. The maximum absolute atomic E-state index is 11.9. The molecular formula is C21H24O6. The first-order valence-electron chi connectivity index (χ1n) is 8.77. The number of carbonyl (C=O) groups is 2. The average Bonchev–Trinajstić information content (AvgIpc) is 2.72. The van der Waals surface area contributed by atoms with Crippen LogP contribution in [-0.2, 0) is 9.47 Å². The molecule has 0 N–H and O–H groups in total. The highest BCUT2D eigenvalue weighted by Gasteiger charge is 2.16. The molecule has 0 fully saturated rings. The van der Waals surface area contributed by atoms with E-state index in [9.17, 15) is 9.59 Å². The molecule has 0 aliphatic rings. The Morgan fingerprint density at radius 2 is 1.44 bits per heavy atom. The van der Waals surface area contributed by atoms with Crippen LogP contribution in [0.1, 0.15) is 40.0 Å². The summed E-state index contributed by atoms with van der Waals surface area (Å²) in [5.74, 6) is 0.161. The minimum Gasteiger partial charge on any atom is -0.494 e. The van der Waals surface area contributed by atoms with E-state index in [-0.39, 0.29) is 5.56 Å². The molecule has 6 heteroatoms. The van der Waals surface area contributed by atoms with Gasteiger partial charge in [0.05, 0.1) is 33.0 Å². The highest BCUT2D eigenvalue weighted by atomic mass is 16.5. The zero-order valence-electron chi connectivity index (χ0n) is 15.6. The number of benzene rings is 2. The molecule has 0 spiro atoms. The molecule has 0 heterocycles. The van der Waals surface area contributed by atoms with E-state index in [1.165, 1.54) is 32.4 Å². The first-order valence-corrected chi connectivity index (χ1v) is 8.77. The fourth-order valence-corrected chi connectivity index (χ4v) is 2.43. The SMILES string of the molecule is COC(=O)c1ccc(C(=O)OC)c(OCCCCCOc2ccccc2)c1. The summed E-state index contributed by atoms with van der Waals surface area (Å²) in [5.41, 5.74) is 0.592. The largest absolute Gasteiger partial charge is 0.494 e. The lowest BCUT2D eigenvalue weighted by atomic mass is 10.1. The summed E-state index contributed by atoms with van der Waals surface area (Å²) in [5, 5.41) is 0. The Bertz CT molecular complexity index is 742. The summed E-state index contributed by atoms with van der Waals surface area (Å²) in [4.78, 5) is 23.5. The predicted octanol–water partition coefficient (Wildman–Crippen LogP) is 3.89. The van der Waals surface area contributed by atoms with Gasteiger partial charge in [-0.15, -0.1) is 0 Å². The van der Waals surface area contributed by atoms with E-state index in [4.69, 9.17) is 18.9 Å². The van der Waals surface area contributed by atoms with Crippen LogP contribution >= 0.6 is 0 Å². The molecule has 0 atom stereocenters. The molecular weight excluding hydrogens is 348 g/mol. The minimum absolute atomic E-state index is 0.276. The first-order chi connectivity index (χ1) is 13.2. The van der Waals surface area contributed by atoms with Crippen LogP contribution in [0.2, 0.25) is 0 Å². The van der Waals surface area contributed by atoms with E-state index in [1.807, 2.05) is 30.3 Å². The Labute approximate surface area is 159 Å². The maximum Gasteiger partial charge on any atom is 0.341 e. The second-order valence-corrected chi connectivity index (χ2v) is 5.76. The number of hydrogen-bond acceptors (Lipinski definition) is 6. The van der Waals surface area contributed by atoms with Crippen molar-refractivity contribution in [2.24, 2.45) is 0 Å². The average molecular weight is 372 g/mol. The van der Waals surface area contributed by atoms with Gasteiger partial charge in [-0.3, -0.25) is 0 Å². The van der Waals surface area contributed by atoms with Gasteiger partial charge in [0.1, 0.15) is 17.1 Å². The van der Waals surface area contributed by atoms with Crippen LogP contribution < -0.4 is 9.47 Å². The number of carbonyl (C=O) groups excluding carboxylic acids is 2. The van der Waals surface area contributed by atoms with Crippen LogP contribution in [0.4, 0.5) is 0 Å². The zero-order valence-corrected chi connectivity index (χ0v) is 15.6. The Hall–Kier alpha value is -3.02. The van der Waals surface area contributed by atoms with Crippen molar-refractivity contribution in [1.29, 1.82) is 0 Å². The van der Waals surface area contributed by atoms with E-state index >= 15 is 0 Å². The van der Waals surface area contributed by atoms with Crippen molar-refractivity contribution in [2.75, 3.05) is 27.4 Å². The molecule has 2 aromatic carbocycles. The van der Waals surface area contributed by atoms with E-state index in [1.54, 1.807) is 0 Å². The van der Waals surface area contributed by atoms with Gasteiger partial charge < -0.3 is 18.9 Å². The molecule has 2 aromatic rings. The predicted molar refractivity (Wildman–Crippen MR) is 100 cm³/mol. The second-order valence-electron chi connectivity index (χ2n) is 5.76. The normalized spacial score (nSPS) is 10.1. The van der Waals surface area contributed by atoms with Gasteiger partial charge in [0, 0.05) is 0 Å². The monoisotopic (exact) mass is 372 g/mol. The van der Waals surface area contributed by atoms with Gasteiger partial charge in [0.25, 0.3) is 0 Å². The Kier molecular flexibility index (Phi) is 8.16. The fraction of sp³-hybridized carbons (Fsp3) is 0.333. The first kappa shape index (κ1) is 20.3. The van der Waals surface area contributed by atoms with Crippen molar-refractivity contribution in [1.82, 2.24) is 0 Å². The van der Waals surface area contributed by atoms with Gasteiger partial charge in [-0.2, -0.15) is 0 Å². The Morgan fingerprint density at radius 3 is 2.11 bits per heavy atom. The maximum atomic E-state index is 11.9. The molecule has 2 rings (SSSR count). The quantitative estimate of drug-likeness (QED) is 0.465. The molecule has 0 aromatic heterocycles. The number of hydrogen-bond donors (Lipinski definition) is 0. The summed E-state index contributed by atoms with van der Waals surface area (Å²) in [6.07, 6.45) is 2.60. The van der Waals surface area contributed by atoms with Crippen molar-refractivity contribution in [2.45, 2.75) is 19.3 Å². The van der Waals surface area contributed by atoms with E-state index in [2.05, 4.69) is 0 Å². The highest BCUT2D eigenvalue weighted by Crippen LogP contribution is 2.22. The van der Waals surface area contributed by atoms with Gasteiger partial charge in [0.2, 0.25) is 0 Å². The number of ether oxygens (including phenoxy) is 4. The van der Waals surface area contributed by atoms with Crippen molar-refractivity contribution in [3.05, 3.63) is 59.7 Å². The van der Waals surface area contributed by atoms with Crippen molar-refractivity contribution < 1.29 is 28.5 Å². The van der Waals surface area contributed by atoms with Gasteiger partial charge in [-0.1, -0.05) is 18.2 Å². The number of methoxy groups -OCH3 is 2. The van der Waals surface area contributed by atoms with E-state index in [0.717, 1.165) is 25.0 Å². The van der Waals surface area contributed by atoms with Gasteiger partial charge in [0.15, 0.2) is 0 Å². The molecule has 6 nitrogen and oxygen atoms in total. The molecule has 27 heavy (non-hydrogen) atoms. The minimum atomic E-state index is -0.516. The van der Waals surface area contributed by atoms with E-state index < -0.39 is 11.9 Å². The molecule has 0 saturated heterocycles. The molecule has 0 saturated carbocycles. The van der Waals surface area contributed by atoms with Crippen LogP contribution in [0.25, 0.3) is 0 Å². The van der Waals surface area contributed by atoms with Crippen molar-refractivity contribution in [3.8, 4) is 11.5 Å². The molecule has 0 radical (unpaired) electrons. The van der Waals surface area contributed by atoms with Crippen LogP contribution in [0, 0.1) is 0 Å². The third-order valence-electron chi connectivity index (χ3n) is 3.87. The smallest absolute Gasteiger partial charge is 0.341 e. The second kappa shape index (κ2) is 10.9. The lowest BCUT2D eigenvalue weighted by Crippen LogP contribution is -2.09. The van der Waals surface area contributed by atoms with Crippen LogP contribution in [0.5, 0.6) is 11.5 Å². The van der Waals surface area contributed by atoms with Crippen LogP contribution in [0.3, 0.4) is 0 Å². The fourth-order valence-electron chi connectivity index (χ4n) is 2.43. The lowest BCUT2D eigenvalue weighted by Gasteiger charge is -2.12. The van der Waals surface area contributed by atoms with Gasteiger partial charge in [-0.25, -0.2) is 9.59 Å². The summed E-state index contributed by atoms with van der Waals surface area (Å²) in [6.45, 7) is 1.05. The van der Waals surface area contributed by atoms with Crippen LogP contribution in [0.15, 0.2) is 48.5 Å². The third kappa shape index (κ3) is 6.33. The third-order valence-corrected chi connectivity index (χ3v) is 3.87. The number of esters is 2. The molecule has 144 valence electrons. The molecule has 0 unspecified atom stereocenters. The van der Waals surface area contributed by atoms with Gasteiger partial charge >= 0.3 is 11.9 Å². The molecule has 0 aliphatic carbocycles. The number of rotatable bonds is 10. The topological polar surface area (TPSA) is 71.1 Å². The Morgan fingerprint density at radius 1 is 0.778 bits per heavy atom. The lowest BCUT2D eigenvalue weighted by molar-refractivity contribution is 0.0582. The number of unbranched alkanes of at least 4 members (excludes halogenated alkanes) is 2. The molecule has 0 aliphatic heterocycles. The standard InChI is InChI=1S/C21H24O6/c1-24-20(22)16-11-12-18(21(23)25-2)19(15-16)27-14-8-4-7-13-26-17-9-5-3-6-10-17/h3,5-6,9-12,15H,4,7-8,13-14H2,1-2H3. The number of para-hydroxylation sites is 1. The van der Waals surface area contributed by atoms with Crippen molar-refractivity contribution >= 4 is 11.9 Å². The van der Waals surface area contributed by atoms with Gasteiger partial charge in [-0.05, 0) is 49.6 Å².